The van der Waals surface area contributed by atoms with Gasteiger partial charge in [0.05, 0.1) is 0 Å². The van der Waals surface area contributed by atoms with Gasteiger partial charge in [0.1, 0.15) is 0 Å². The van der Waals surface area contributed by atoms with Crippen molar-refractivity contribution in [3.63, 3.8) is 0 Å². The Labute approximate surface area is 126 Å². The van der Waals surface area contributed by atoms with Crippen LogP contribution in [-0.4, -0.2) is 11.7 Å². The van der Waals surface area contributed by atoms with Gasteiger partial charge in [-0.2, -0.15) is 0 Å². The summed E-state index contributed by atoms with van der Waals surface area (Å²) < 4.78 is 0. The van der Waals surface area contributed by atoms with Crippen LogP contribution >= 0.6 is 0 Å². The van der Waals surface area contributed by atoms with Gasteiger partial charge in [0, 0.05) is 11.1 Å². The van der Waals surface area contributed by atoms with Crippen LogP contribution in [0.15, 0.2) is 64.8 Å². The zero-order valence-corrected chi connectivity index (χ0v) is 12.7. The number of nitrogens with zero attached hydrogens (tertiary/aromatic N) is 2. The van der Waals surface area contributed by atoms with Gasteiger partial charge in [-0.1, -0.05) is 68.4 Å². The standard InChI is InChI=1S/C15H16N4.C2H6/c1-11-7-5-6-10-13(11)15(17)19-18-14(16)12-8-3-2-4-9-12;1-2/h2-10H,1H3,(H2,16,18)(H2,17,19);1-2H3. The van der Waals surface area contributed by atoms with Crippen molar-refractivity contribution in [2.45, 2.75) is 20.8 Å². The summed E-state index contributed by atoms with van der Waals surface area (Å²) in [5.41, 5.74) is 14.5. The molecule has 0 unspecified atom stereocenters. The maximum atomic E-state index is 5.91. The number of hydrogen-bond acceptors (Lipinski definition) is 2. The molecule has 0 bridgehead atoms. The highest BCUT2D eigenvalue weighted by Gasteiger charge is 2.01. The molecule has 4 N–H and O–H groups in total. The second-order valence-electron chi connectivity index (χ2n) is 4.15. The quantitative estimate of drug-likeness (QED) is 0.515. The number of hydrogen-bond donors (Lipinski definition) is 2. The maximum Gasteiger partial charge on any atom is 0.153 e. The molecular weight excluding hydrogens is 260 g/mol. The van der Waals surface area contributed by atoms with E-state index in [1.54, 1.807) is 0 Å². The molecule has 0 atom stereocenters. The minimum absolute atomic E-state index is 0.345. The number of benzene rings is 2. The Morgan fingerprint density at radius 2 is 1.29 bits per heavy atom. The molecule has 4 nitrogen and oxygen atoms in total. The Kier molecular flexibility index (Phi) is 6.68. The van der Waals surface area contributed by atoms with Crippen molar-refractivity contribution < 1.29 is 0 Å². The SMILES string of the molecule is CC.Cc1ccccc1/C(N)=N/N=C(\N)c1ccccc1. The number of nitrogens with two attached hydrogens (primary N) is 2. The normalized spacial score (nSPS) is 11.6. The predicted molar refractivity (Wildman–Crippen MR) is 90.4 cm³/mol. The predicted octanol–water partition coefficient (Wildman–Crippen LogP) is 3.05. The molecule has 2 aromatic rings. The lowest BCUT2D eigenvalue weighted by Crippen LogP contribution is -2.16. The molecule has 0 fully saturated rings. The lowest BCUT2D eigenvalue weighted by molar-refractivity contribution is 1.20. The average molecular weight is 282 g/mol. The molecule has 0 saturated heterocycles. The van der Waals surface area contributed by atoms with E-state index in [9.17, 15) is 0 Å². The van der Waals surface area contributed by atoms with Gasteiger partial charge in [-0.15, -0.1) is 10.2 Å². The monoisotopic (exact) mass is 282 g/mol. The summed E-state index contributed by atoms with van der Waals surface area (Å²) in [6.07, 6.45) is 0. The summed E-state index contributed by atoms with van der Waals surface area (Å²) in [4.78, 5) is 0. The van der Waals surface area contributed by atoms with Crippen LogP contribution in [0, 0.1) is 6.92 Å². The lowest BCUT2D eigenvalue weighted by atomic mass is 10.1. The first kappa shape index (κ1) is 16.4. The lowest BCUT2D eigenvalue weighted by Gasteiger charge is -2.03. The molecular formula is C17H22N4. The molecule has 0 aromatic heterocycles. The summed E-state index contributed by atoms with van der Waals surface area (Å²) in [7, 11) is 0. The summed E-state index contributed by atoms with van der Waals surface area (Å²) in [6.45, 7) is 5.97. The van der Waals surface area contributed by atoms with Crippen molar-refractivity contribution in [2.75, 3.05) is 0 Å². The van der Waals surface area contributed by atoms with Gasteiger partial charge in [-0.25, -0.2) is 0 Å². The van der Waals surface area contributed by atoms with Crippen molar-refractivity contribution in [3.05, 3.63) is 71.3 Å². The van der Waals surface area contributed by atoms with Crippen molar-refractivity contribution in [1.29, 1.82) is 0 Å². The molecule has 0 aliphatic carbocycles. The van der Waals surface area contributed by atoms with Gasteiger partial charge in [0.25, 0.3) is 0 Å². The van der Waals surface area contributed by atoms with Crippen LogP contribution in [0.4, 0.5) is 0 Å². The Morgan fingerprint density at radius 1 is 0.762 bits per heavy atom. The molecule has 2 aromatic carbocycles. The average Bonchev–Trinajstić information content (AvgIpc) is 2.55. The molecule has 110 valence electrons. The first-order valence-electron chi connectivity index (χ1n) is 6.96. The van der Waals surface area contributed by atoms with Crippen LogP contribution in [0.3, 0.4) is 0 Å². The van der Waals surface area contributed by atoms with Crippen LogP contribution in [-0.2, 0) is 0 Å². The van der Waals surface area contributed by atoms with E-state index in [0.29, 0.717) is 11.7 Å². The van der Waals surface area contributed by atoms with Gasteiger partial charge in [-0.05, 0) is 12.5 Å². The molecule has 0 aliphatic rings. The molecule has 0 aliphatic heterocycles. The third-order valence-electron chi connectivity index (χ3n) is 2.76. The Balaban J connectivity index is 0.00000106. The smallest absolute Gasteiger partial charge is 0.153 e. The molecule has 0 spiro atoms. The fraction of sp³-hybridized carbons (Fsp3) is 0.176. The van der Waals surface area contributed by atoms with Gasteiger partial charge < -0.3 is 11.5 Å². The van der Waals surface area contributed by atoms with Crippen LogP contribution in [0.25, 0.3) is 0 Å². The molecule has 0 radical (unpaired) electrons. The molecule has 0 heterocycles. The summed E-state index contributed by atoms with van der Waals surface area (Å²) in [5.74, 6) is 0.703. The molecule has 0 amide bonds. The van der Waals surface area contributed by atoms with Gasteiger partial charge in [0.2, 0.25) is 0 Å². The second-order valence-corrected chi connectivity index (χ2v) is 4.15. The minimum atomic E-state index is 0.345. The highest BCUT2D eigenvalue weighted by atomic mass is 15.3. The topological polar surface area (TPSA) is 76.8 Å². The fourth-order valence-electron chi connectivity index (χ4n) is 1.69. The first-order chi connectivity index (χ1) is 10.2. The van der Waals surface area contributed by atoms with E-state index < -0.39 is 0 Å². The highest BCUT2D eigenvalue weighted by Crippen LogP contribution is 2.06. The molecule has 4 heteroatoms. The number of amidine groups is 2. The van der Waals surface area contributed by atoms with E-state index in [1.165, 1.54) is 0 Å². The maximum absolute atomic E-state index is 5.91. The second kappa shape index (κ2) is 8.53. The molecule has 21 heavy (non-hydrogen) atoms. The van der Waals surface area contributed by atoms with Crippen LogP contribution in [0.5, 0.6) is 0 Å². The summed E-state index contributed by atoms with van der Waals surface area (Å²) >= 11 is 0. The zero-order valence-electron chi connectivity index (χ0n) is 12.7. The number of rotatable bonds is 3. The van der Waals surface area contributed by atoms with E-state index in [0.717, 1.165) is 16.7 Å². The Morgan fingerprint density at radius 3 is 1.90 bits per heavy atom. The zero-order chi connectivity index (χ0) is 15.7. The van der Waals surface area contributed by atoms with Gasteiger partial charge >= 0.3 is 0 Å². The Bertz CT molecular complexity index is 616. The van der Waals surface area contributed by atoms with Crippen LogP contribution in [0.1, 0.15) is 30.5 Å². The third-order valence-corrected chi connectivity index (χ3v) is 2.76. The van der Waals surface area contributed by atoms with E-state index in [1.807, 2.05) is 75.4 Å². The molecule has 0 saturated carbocycles. The van der Waals surface area contributed by atoms with Crippen molar-refractivity contribution >= 4 is 11.7 Å². The third kappa shape index (κ3) is 4.76. The van der Waals surface area contributed by atoms with E-state index in [2.05, 4.69) is 10.2 Å². The van der Waals surface area contributed by atoms with Crippen molar-refractivity contribution in [2.24, 2.45) is 21.7 Å². The van der Waals surface area contributed by atoms with Crippen LogP contribution < -0.4 is 11.5 Å². The Hall–Kier alpha value is -2.62. The summed E-state index contributed by atoms with van der Waals surface area (Å²) in [5, 5.41) is 7.96. The van der Waals surface area contributed by atoms with Crippen LogP contribution in [0.2, 0.25) is 0 Å². The first-order valence-corrected chi connectivity index (χ1v) is 6.96. The van der Waals surface area contributed by atoms with E-state index >= 15 is 0 Å². The highest BCUT2D eigenvalue weighted by molar-refractivity contribution is 6.01. The van der Waals surface area contributed by atoms with Gasteiger partial charge in [0.15, 0.2) is 11.7 Å². The molecule has 2 rings (SSSR count). The van der Waals surface area contributed by atoms with Crippen molar-refractivity contribution in [1.82, 2.24) is 0 Å². The van der Waals surface area contributed by atoms with Crippen molar-refractivity contribution in [3.8, 4) is 0 Å². The van der Waals surface area contributed by atoms with E-state index in [4.69, 9.17) is 11.5 Å². The number of aryl methyl sites for hydroxylation is 1. The van der Waals surface area contributed by atoms with Gasteiger partial charge in [-0.3, -0.25) is 0 Å². The minimum Gasteiger partial charge on any atom is -0.382 e. The fourth-order valence-corrected chi connectivity index (χ4v) is 1.69. The largest absolute Gasteiger partial charge is 0.382 e. The van der Waals surface area contributed by atoms with E-state index in [-0.39, 0.29) is 0 Å². The summed E-state index contributed by atoms with van der Waals surface area (Å²) in [6, 6.07) is 17.2.